The Kier molecular flexibility index (Phi) is 9.71. The van der Waals surface area contributed by atoms with Gasteiger partial charge in [0.2, 0.25) is 0 Å². The predicted octanol–water partition coefficient (Wildman–Crippen LogP) is 0.545. The number of benzene rings is 2. The molecule has 3 aromatic heterocycles. The number of pyridine rings is 3. The molecule has 5 aromatic rings. The molecule has 0 bridgehead atoms. The summed E-state index contributed by atoms with van der Waals surface area (Å²) in [5.74, 6) is 0.777. The van der Waals surface area contributed by atoms with Crippen molar-refractivity contribution < 1.29 is 41.0 Å². The predicted molar refractivity (Wildman–Crippen MR) is 163 cm³/mol. The largest absolute Gasteiger partial charge is 0.488 e. The van der Waals surface area contributed by atoms with Gasteiger partial charge in [-0.25, -0.2) is 15.0 Å². The van der Waals surface area contributed by atoms with E-state index in [9.17, 15) is 9.59 Å². The maximum absolute atomic E-state index is 13.4. The van der Waals surface area contributed by atoms with E-state index in [1.54, 1.807) is 12.1 Å². The number of hydrogen-bond acceptors (Lipinski definition) is 8. The molecule has 0 unspecified atom stereocenters. The highest BCUT2D eigenvalue weighted by molar-refractivity contribution is 6.07. The van der Waals surface area contributed by atoms with Crippen LogP contribution >= 0.6 is 0 Å². The summed E-state index contributed by atoms with van der Waals surface area (Å²) in [6.45, 7) is 2.73. The van der Waals surface area contributed by atoms with Crippen LogP contribution in [0.3, 0.4) is 0 Å². The number of para-hydroxylation sites is 2. The van der Waals surface area contributed by atoms with E-state index in [0.717, 1.165) is 10.8 Å². The molecule has 0 spiro atoms. The van der Waals surface area contributed by atoms with Crippen molar-refractivity contribution in [1.82, 2.24) is 15.0 Å². The van der Waals surface area contributed by atoms with Crippen LogP contribution in [-0.2, 0) is 0 Å². The number of hydrogen-bond donors (Lipinski definition) is 5. The lowest BCUT2D eigenvalue weighted by molar-refractivity contribution is -0.371. The first-order valence-electron chi connectivity index (χ1n) is 14.2. The van der Waals surface area contributed by atoms with Crippen LogP contribution in [0.4, 0.5) is 11.6 Å². The number of nitrogens with one attached hydrogen (secondary N) is 2. The SMILES string of the molecule is [NH3+]CCOc1cc(C(=O)Nc2cc(OCC[NH3+])c3ccccc3n2)nc(C(=O)Nc2cc(OCC[NH3+])c3ccccc3n2)c1. The summed E-state index contributed by atoms with van der Waals surface area (Å²) in [4.78, 5) is 40.3. The first-order chi connectivity index (χ1) is 21.5. The molecule has 13 heteroatoms. The molecule has 0 aliphatic heterocycles. The molecule has 0 atom stereocenters. The number of amides is 2. The Morgan fingerprint density at radius 1 is 0.591 bits per heavy atom. The Morgan fingerprint density at radius 3 is 1.48 bits per heavy atom. The third-order valence-corrected chi connectivity index (χ3v) is 6.32. The Morgan fingerprint density at radius 2 is 1.02 bits per heavy atom. The summed E-state index contributed by atoms with van der Waals surface area (Å²) in [5.41, 5.74) is 12.6. The normalized spacial score (nSPS) is 10.9. The highest BCUT2D eigenvalue weighted by Crippen LogP contribution is 2.29. The van der Waals surface area contributed by atoms with E-state index in [4.69, 9.17) is 14.2 Å². The van der Waals surface area contributed by atoms with E-state index in [0.29, 0.717) is 55.4 Å². The molecule has 44 heavy (non-hydrogen) atoms. The molecule has 3 heterocycles. The number of nitrogens with zero attached hydrogens (tertiary/aromatic N) is 3. The lowest BCUT2D eigenvalue weighted by Crippen LogP contribution is -2.52. The molecule has 0 radical (unpaired) electrons. The third-order valence-electron chi connectivity index (χ3n) is 6.32. The highest BCUT2D eigenvalue weighted by Gasteiger charge is 2.19. The Labute approximate surface area is 252 Å². The second kappa shape index (κ2) is 14.2. The standard InChI is InChI=1S/C31H32N8O5/c32-9-12-42-19-15-24(30(40)38-28-17-26(43-13-10-33)20-5-1-3-7-22(20)36-28)35-25(16-19)31(41)39-29-18-27(44-14-11-34)21-6-2-4-8-23(21)37-29/h1-8,15-18H,9-14,32-34H2,(H,36,38,40)(H,37,39,41)/p+3. The van der Waals surface area contributed by atoms with Crippen LogP contribution in [0.25, 0.3) is 21.8 Å². The summed E-state index contributed by atoms with van der Waals surface area (Å²) in [5, 5.41) is 7.16. The van der Waals surface area contributed by atoms with Gasteiger partial charge in [0, 0.05) is 35.0 Å². The number of anilines is 2. The quantitative estimate of drug-likeness (QED) is 0.129. The number of ether oxygens (including phenoxy) is 3. The molecule has 0 aliphatic carbocycles. The van der Waals surface area contributed by atoms with E-state index in [2.05, 4.69) is 42.8 Å². The number of carbonyl (C=O) groups excluding carboxylic acids is 2. The van der Waals surface area contributed by atoms with Crippen molar-refractivity contribution in [2.75, 3.05) is 50.1 Å². The molecule has 2 aromatic carbocycles. The topological polar surface area (TPSA) is 207 Å². The Bertz CT molecular complexity index is 1680. The first-order valence-corrected chi connectivity index (χ1v) is 14.2. The van der Waals surface area contributed by atoms with Gasteiger partial charge < -0.3 is 42.0 Å². The third kappa shape index (κ3) is 7.15. The number of rotatable bonds is 13. The lowest BCUT2D eigenvalue weighted by Gasteiger charge is -2.13. The zero-order chi connectivity index (χ0) is 30.9. The van der Waals surface area contributed by atoms with E-state index in [1.165, 1.54) is 12.1 Å². The molecule has 0 fully saturated rings. The van der Waals surface area contributed by atoms with Crippen LogP contribution in [0.1, 0.15) is 21.0 Å². The molecule has 226 valence electrons. The van der Waals surface area contributed by atoms with Gasteiger partial charge in [-0.1, -0.05) is 24.3 Å². The van der Waals surface area contributed by atoms with E-state index < -0.39 is 11.8 Å². The summed E-state index contributed by atoms with van der Waals surface area (Å²) in [6.07, 6.45) is 0. The van der Waals surface area contributed by atoms with Gasteiger partial charge in [0.1, 0.15) is 79.7 Å². The lowest BCUT2D eigenvalue weighted by atomic mass is 10.2. The van der Waals surface area contributed by atoms with E-state index >= 15 is 0 Å². The fourth-order valence-electron chi connectivity index (χ4n) is 4.39. The van der Waals surface area contributed by atoms with Crippen molar-refractivity contribution in [3.05, 3.63) is 84.2 Å². The van der Waals surface area contributed by atoms with E-state index in [1.807, 2.05) is 48.5 Å². The van der Waals surface area contributed by atoms with Gasteiger partial charge in [0.05, 0.1) is 11.0 Å². The second-order valence-electron chi connectivity index (χ2n) is 9.63. The van der Waals surface area contributed by atoms with Gasteiger partial charge in [-0.15, -0.1) is 0 Å². The van der Waals surface area contributed by atoms with Crippen LogP contribution in [0, 0.1) is 0 Å². The first kappa shape index (κ1) is 30.1. The molecule has 13 nitrogen and oxygen atoms in total. The van der Waals surface area contributed by atoms with Crippen molar-refractivity contribution in [2.45, 2.75) is 0 Å². The van der Waals surface area contributed by atoms with E-state index in [-0.39, 0.29) is 35.4 Å². The molecular formula is C31H35N8O5+3. The van der Waals surface area contributed by atoms with Crippen molar-refractivity contribution >= 4 is 45.3 Å². The van der Waals surface area contributed by atoms with Gasteiger partial charge in [-0.2, -0.15) is 0 Å². The minimum atomic E-state index is -0.585. The molecular weight excluding hydrogens is 564 g/mol. The number of carbonyl (C=O) groups is 2. The van der Waals surface area contributed by atoms with Gasteiger partial charge in [-0.3, -0.25) is 9.59 Å². The summed E-state index contributed by atoms with van der Waals surface area (Å²) in [7, 11) is 0. The summed E-state index contributed by atoms with van der Waals surface area (Å²) < 4.78 is 17.4. The van der Waals surface area contributed by atoms with Crippen LogP contribution in [0.5, 0.6) is 17.2 Å². The van der Waals surface area contributed by atoms with Gasteiger partial charge in [0.25, 0.3) is 11.8 Å². The molecule has 2 amide bonds. The minimum Gasteiger partial charge on any atom is -0.488 e. The summed E-state index contributed by atoms with van der Waals surface area (Å²) >= 11 is 0. The Hall–Kier alpha value is -5.37. The van der Waals surface area contributed by atoms with Crippen molar-refractivity contribution in [3.8, 4) is 17.2 Å². The van der Waals surface area contributed by atoms with Crippen LogP contribution in [0.15, 0.2) is 72.8 Å². The van der Waals surface area contributed by atoms with Crippen LogP contribution in [-0.4, -0.2) is 66.2 Å². The van der Waals surface area contributed by atoms with Gasteiger partial charge >= 0.3 is 0 Å². The maximum atomic E-state index is 13.4. The molecule has 5 rings (SSSR count). The maximum Gasteiger partial charge on any atom is 0.275 e. The highest BCUT2D eigenvalue weighted by atomic mass is 16.5. The Balaban J connectivity index is 1.43. The smallest absolute Gasteiger partial charge is 0.275 e. The minimum absolute atomic E-state index is 0.0437. The number of quaternary nitrogens is 3. The van der Waals surface area contributed by atoms with Crippen molar-refractivity contribution in [2.24, 2.45) is 0 Å². The molecule has 11 N–H and O–H groups in total. The summed E-state index contributed by atoms with van der Waals surface area (Å²) in [6, 6.07) is 21.1. The molecule has 0 saturated heterocycles. The monoisotopic (exact) mass is 599 g/mol. The van der Waals surface area contributed by atoms with Crippen LogP contribution in [0.2, 0.25) is 0 Å². The second-order valence-corrected chi connectivity index (χ2v) is 9.63. The fourth-order valence-corrected chi connectivity index (χ4v) is 4.39. The average molecular weight is 600 g/mol. The molecule has 0 saturated carbocycles. The number of aromatic nitrogens is 3. The number of fused-ring (bicyclic) bond motifs is 2. The molecule has 0 aliphatic rings. The fraction of sp³-hybridized carbons (Fsp3) is 0.194. The van der Waals surface area contributed by atoms with Gasteiger partial charge in [0.15, 0.2) is 0 Å². The van der Waals surface area contributed by atoms with Crippen molar-refractivity contribution in [3.63, 3.8) is 0 Å². The van der Waals surface area contributed by atoms with Crippen LogP contribution < -0.4 is 42.0 Å². The zero-order valence-corrected chi connectivity index (χ0v) is 24.2. The van der Waals surface area contributed by atoms with Gasteiger partial charge in [-0.05, 0) is 24.3 Å². The average Bonchev–Trinajstić information content (AvgIpc) is 3.04. The van der Waals surface area contributed by atoms with Crippen molar-refractivity contribution in [1.29, 1.82) is 0 Å². The zero-order valence-electron chi connectivity index (χ0n) is 24.2.